The van der Waals surface area contributed by atoms with Gasteiger partial charge in [0.25, 0.3) is 0 Å². The molecule has 0 fully saturated rings. The van der Waals surface area contributed by atoms with Crippen LogP contribution in [0.2, 0.25) is 0 Å². The molecule has 395 valence electrons. The SMILES string of the molecule is C.C.C#CC.O=C(O)c1ccc(Br)cc1Cc1ccccc1.O=C1OC(Br)c2cc(Br)ccc21.O=C1OC(c2ccccc2)c2cc(Br)ccc21.O=C1OCc2cc(Br)ccc21.O=Cc1cc(Br)ccc1C(=O)O.[2HH].[2H][2H].[B][B][B]. The van der Waals surface area contributed by atoms with Crippen LogP contribution in [0.25, 0.3) is 0 Å². The number of ether oxygens (including phenoxy) is 3. The number of carbonyl (C=O) groups excluding carboxylic acids is 4. The summed E-state index contributed by atoms with van der Waals surface area (Å²) in [6, 6.07) is 45.8. The predicted octanol–water partition coefficient (Wildman–Crippen LogP) is 15.8. The quantitative estimate of drug-likeness (QED) is 0.0406. The molecule has 77 heavy (non-hydrogen) atoms. The maximum Gasteiger partial charge on any atom is 0.340 e. The normalized spacial score (nSPS) is 13.2. The molecule has 7 aromatic rings. The second-order valence-electron chi connectivity index (χ2n) is 15.2. The van der Waals surface area contributed by atoms with Crippen LogP contribution in [0.1, 0.15) is 133 Å². The van der Waals surface area contributed by atoms with Crippen molar-refractivity contribution >= 4 is 154 Å². The van der Waals surface area contributed by atoms with Gasteiger partial charge in [-0.2, -0.15) is 0 Å². The molecule has 3 aliphatic rings. The van der Waals surface area contributed by atoms with Gasteiger partial charge in [-0.25, -0.2) is 24.0 Å². The summed E-state index contributed by atoms with van der Waals surface area (Å²) < 4.78 is 29.6. The molecule has 0 aromatic heterocycles. The van der Waals surface area contributed by atoms with Crippen molar-refractivity contribution in [2.45, 2.75) is 45.9 Å². The van der Waals surface area contributed by atoms with E-state index in [0.29, 0.717) is 46.0 Å². The molecular weight excluding hydrogens is 1370 g/mol. The molecule has 0 amide bonds. The van der Waals surface area contributed by atoms with E-state index in [1.54, 1.807) is 43.3 Å². The lowest BCUT2D eigenvalue weighted by molar-refractivity contribution is 0.0453. The second-order valence-corrected chi connectivity index (χ2v) is 20.6. The van der Waals surface area contributed by atoms with Crippen molar-refractivity contribution in [1.82, 2.24) is 0 Å². The topological polar surface area (TPSA) is 171 Å². The molecule has 3 aliphatic heterocycles. The first-order valence-electron chi connectivity index (χ1n) is 22.7. The van der Waals surface area contributed by atoms with Crippen molar-refractivity contribution < 1.29 is 57.6 Å². The Balaban J connectivity index is 0.000000943. The number of hydrogen-bond acceptors (Lipinski definition) is 9. The Hall–Kier alpha value is -5.81. The van der Waals surface area contributed by atoms with Crippen LogP contribution in [-0.4, -0.2) is 68.9 Å². The number of alkyl halides is 1. The third kappa shape index (κ3) is 20.5. The number of carbonyl (C=O) groups is 6. The Morgan fingerprint density at radius 1 is 0.662 bits per heavy atom. The van der Waals surface area contributed by atoms with Crippen LogP contribution in [-0.2, 0) is 27.2 Å². The van der Waals surface area contributed by atoms with Gasteiger partial charge < -0.3 is 24.4 Å². The number of esters is 3. The molecule has 0 saturated heterocycles. The molecule has 2 atom stereocenters. The molecule has 3 heterocycles. The standard InChI is InChI=1S/C14H9BrO2.C14H11BrO2.C8H4Br2O2.C8H5BrO3.C8H5BrO2.C3H4.2CH4.B3.2H2/c15-10-6-7-11-12(8-10)13(17-14(11)16)9-4-2-1-3-5-9;15-12-6-7-13(14(16)17)11(9-12)8-10-4-2-1-3-5-10;9-4-1-2-5-6(3-4)7(10)12-8(5)11;9-6-1-2-7(8(11)12)5(3-6)4-10;9-6-1-2-7-5(3-6)4-11-8(7)10;1-3-2;;;1-3-2;;/h1-8,13H;1-7,9H,8H2,(H,16,17);1-3,7H;1-4H,(H,11,12);1-3H,4H2;1H,2H3;2*1H4;;2*1H/i;;;;;;;;;1+1D;1+1. The van der Waals surface area contributed by atoms with E-state index in [9.17, 15) is 28.8 Å². The first-order valence-corrected chi connectivity index (χ1v) is 26.6. The lowest BCUT2D eigenvalue weighted by Gasteiger charge is -2.10. The van der Waals surface area contributed by atoms with Crippen molar-refractivity contribution in [2.24, 2.45) is 0 Å². The number of aldehydes is 1. The van der Waals surface area contributed by atoms with Crippen LogP contribution in [0.15, 0.2) is 174 Å². The van der Waals surface area contributed by atoms with Gasteiger partial charge in [0.15, 0.2) is 17.4 Å². The molecule has 0 bridgehead atoms. The molecule has 0 saturated carbocycles. The van der Waals surface area contributed by atoms with Crippen LogP contribution >= 0.6 is 95.6 Å². The summed E-state index contributed by atoms with van der Waals surface area (Å²) in [6.45, 7) is 2.06. The molecule has 2 N–H and O–H groups in total. The number of cyclic esters (lactones) is 3. The summed E-state index contributed by atoms with van der Waals surface area (Å²) in [7, 11) is 10.0. The summed E-state index contributed by atoms with van der Waals surface area (Å²) in [5.41, 5.74) is 8.23. The summed E-state index contributed by atoms with van der Waals surface area (Å²) >= 11 is 19.8. The Kier molecular flexibility index (Phi) is 29.0. The highest BCUT2D eigenvalue weighted by molar-refractivity contribution is 9.11. The Labute approximate surface area is 506 Å². The number of carboxylic acids is 2. The van der Waals surface area contributed by atoms with Crippen LogP contribution in [0.4, 0.5) is 0 Å². The minimum atomic E-state index is -1.09. The molecule has 20 heteroatoms. The largest absolute Gasteiger partial charge is 0.478 e. The second kappa shape index (κ2) is 34.2. The van der Waals surface area contributed by atoms with Crippen LogP contribution in [0, 0.1) is 12.3 Å². The van der Waals surface area contributed by atoms with E-state index in [-0.39, 0.29) is 56.4 Å². The van der Waals surface area contributed by atoms with Crippen molar-refractivity contribution in [3.05, 3.63) is 241 Å². The maximum atomic E-state index is 11.7. The van der Waals surface area contributed by atoms with E-state index in [4.69, 9.17) is 27.4 Å². The van der Waals surface area contributed by atoms with Gasteiger partial charge in [0.1, 0.15) is 6.61 Å². The summed E-state index contributed by atoms with van der Waals surface area (Å²) in [6.07, 6.45) is 5.46. The maximum absolute atomic E-state index is 11.7. The molecule has 7 aromatic carbocycles. The van der Waals surface area contributed by atoms with Gasteiger partial charge in [-0.3, -0.25) is 4.79 Å². The molecule has 0 aliphatic carbocycles. The van der Waals surface area contributed by atoms with Crippen LogP contribution in [0.5, 0.6) is 0 Å². The molecule has 11 nitrogen and oxygen atoms in total. The number of fused-ring (bicyclic) bond motifs is 3. The highest BCUT2D eigenvalue weighted by atomic mass is 79.9. The Bertz CT molecular complexity index is 3210. The molecular formula is C57H50B3Br6O11. The molecule has 0 spiro atoms. The van der Waals surface area contributed by atoms with Gasteiger partial charge in [0.05, 0.1) is 27.8 Å². The smallest absolute Gasteiger partial charge is 0.340 e. The minimum Gasteiger partial charge on any atom is -0.478 e. The van der Waals surface area contributed by atoms with Gasteiger partial charge >= 0.3 is 29.8 Å². The minimum absolute atomic E-state index is 0. The van der Waals surface area contributed by atoms with E-state index in [1.807, 2.05) is 103 Å². The number of halogens is 6. The number of rotatable bonds is 6. The van der Waals surface area contributed by atoms with Gasteiger partial charge in [-0.05, 0) is 137 Å². The number of terminal acetylenes is 1. The zero-order valence-electron chi connectivity index (χ0n) is 41.2. The van der Waals surface area contributed by atoms with E-state index < -0.39 is 11.9 Å². The number of hydrogen-bond donors (Lipinski definition) is 2. The first-order chi connectivity index (χ1) is 36.8. The lowest BCUT2D eigenvalue weighted by Crippen LogP contribution is -2.03. The highest BCUT2D eigenvalue weighted by Gasteiger charge is 2.32. The van der Waals surface area contributed by atoms with Crippen molar-refractivity contribution in [3.8, 4) is 12.3 Å². The van der Waals surface area contributed by atoms with Gasteiger partial charge in [-0.15, -0.1) is 12.3 Å². The Morgan fingerprint density at radius 2 is 1.10 bits per heavy atom. The van der Waals surface area contributed by atoms with Crippen LogP contribution < -0.4 is 0 Å². The van der Waals surface area contributed by atoms with Crippen molar-refractivity contribution in [3.63, 3.8) is 0 Å². The lowest BCUT2D eigenvalue weighted by atomic mass is 9.40. The van der Waals surface area contributed by atoms with E-state index >= 15 is 0 Å². The fraction of sp³-hybridized carbons (Fsp3) is 0.123. The fourth-order valence-corrected chi connectivity index (χ4v) is 9.34. The summed E-state index contributed by atoms with van der Waals surface area (Å²) in [5.74, 6) is -0.457. The molecule has 2 unspecified atom stereocenters. The average Bonchev–Trinajstić information content (AvgIpc) is 4.04. The summed E-state index contributed by atoms with van der Waals surface area (Å²) in [4.78, 5) is 65.8. The van der Waals surface area contributed by atoms with E-state index in [0.717, 1.165) is 58.3 Å². The monoisotopic (exact) mass is 1420 g/mol. The number of aromatic carboxylic acids is 2. The zero-order chi connectivity index (χ0) is 57.2. The number of benzene rings is 7. The van der Waals surface area contributed by atoms with Gasteiger partial charge in [0.2, 0.25) is 0 Å². The van der Waals surface area contributed by atoms with E-state index in [1.165, 1.54) is 12.1 Å². The zero-order valence-corrected chi connectivity index (χ0v) is 48.7. The highest BCUT2D eigenvalue weighted by Crippen LogP contribution is 2.38. The first kappa shape index (κ1) is 65.5. The van der Waals surface area contributed by atoms with Crippen LogP contribution in [0.3, 0.4) is 0 Å². The van der Waals surface area contributed by atoms with E-state index in [2.05, 4.69) is 123 Å². The predicted molar refractivity (Wildman–Crippen MR) is 329 cm³/mol. The molecule has 10 rings (SSSR count). The third-order valence-electron chi connectivity index (χ3n) is 10.1. The van der Waals surface area contributed by atoms with Crippen molar-refractivity contribution in [1.29, 1.82) is 0 Å². The average molecular weight is 1430 g/mol. The van der Waals surface area contributed by atoms with Gasteiger partial charge in [0, 0.05) is 71.5 Å². The van der Waals surface area contributed by atoms with Crippen molar-refractivity contribution in [2.75, 3.05) is 0 Å². The third-order valence-corrected chi connectivity index (χ3v) is 13.2. The molecule has 5 radical (unpaired) electrons. The summed E-state index contributed by atoms with van der Waals surface area (Å²) in [5, 5.41) is 17.4. The Morgan fingerprint density at radius 3 is 1.65 bits per heavy atom. The van der Waals surface area contributed by atoms with Gasteiger partial charge in [-0.1, -0.05) is 155 Å². The fourth-order valence-electron chi connectivity index (χ4n) is 6.83. The number of carboxylic acid groups (broad SMARTS) is 2.